The van der Waals surface area contributed by atoms with Gasteiger partial charge in [-0.2, -0.15) is 18.3 Å². The molecular formula is C15H20F3N3O2. The zero-order valence-corrected chi connectivity index (χ0v) is 13.1. The summed E-state index contributed by atoms with van der Waals surface area (Å²) in [5.74, 6) is -0.753. The molecular weight excluding hydrogens is 311 g/mol. The SMILES string of the molecule is C=C(C)C1OCCC1CNC(=O)c1cn(CC)nc1C(F)(F)F. The lowest BCUT2D eigenvalue weighted by atomic mass is 9.97. The van der Waals surface area contributed by atoms with Gasteiger partial charge in [0.25, 0.3) is 5.91 Å². The molecule has 128 valence electrons. The smallest absolute Gasteiger partial charge is 0.374 e. The Morgan fingerprint density at radius 3 is 2.83 bits per heavy atom. The standard InChI is InChI=1S/C15H20F3N3O2/c1-4-21-8-11(13(20-21)15(16,17)18)14(22)19-7-10-5-6-23-12(10)9(2)3/h8,10,12H,2,4-7H2,1,3H3,(H,19,22). The predicted octanol–water partition coefficient (Wildman–Crippen LogP) is 2.63. The quantitative estimate of drug-likeness (QED) is 0.844. The number of aromatic nitrogens is 2. The van der Waals surface area contributed by atoms with Crippen LogP contribution >= 0.6 is 0 Å². The zero-order chi connectivity index (χ0) is 17.2. The van der Waals surface area contributed by atoms with E-state index < -0.39 is 23.3 Å². The van der Waals surface area contributed by atoms with Gasteiger partial charge in [-0.15, -0.1) is 0 Å². The largest absolute Gasteiger partial charge is 0.435 e. The predicted molar refractivity (Wildman–Crippen MR) is 77.9 cm³/mol. The first kappa shape index (κ1) is 17.5. The molecule has 2 unspecified atom stereocenters. The van der Waals surface area contributed by atoms with E-state index in [4.69, 9.17) is 4.74 Å². The molecule has 1 N–H and O–H groups in total. The van der Waals surface area contributed by atoms with Crippen LogP contribution < -0.4 is 5.32 Å². The molecule has 0 aromatic carbocycles. The lowest BCUT2D eigenvalue weighted by Gasteiger charge is -2.19. The molecule has 2 atom stereocenters. The average Bonchev–Trinajstić information content (AvgIpc) is 3.10. The van der Waals surface area contributed by atoms with E-state index in [9.17, 15) is 18.0 Å². The molecule has 1 aliphatic heterocycles. The zero-order valence-electron chi connectivity index (χ0n) is 13.1. The molecule has 0 aliphatic carbocycles. The van der Waals surface area contributed by atoms with E-state index in [1.165, 1.54) is 0 Å². The average molecular weight is 331 g/mol. The first-order valence-corrected chi connectivity index (χ1v) is 7.43. The molecule has 1 amide bonds. The van der Waals surface area contributed by atoms with Crippen LogP contribution in [0.1, 0.15) is 36.3 Å². The second-order valence-corrected chi connectivity index (χ2v) is 5.64. The van der Waals surface area contributed by atoms with Crippen LogP contribution in [0.25, 0.3) is 0 Å². The molecule has 2 rings (SSSR count). The van der Waals surface area contributed by atoms with Crippen molar-refractivity contribution in [2.24, 2.45) is 5.92 Å². The topological polar surface area (TPSA) is 56.1 Å². The molecule has 1 aromatic rings. The van der Waals surface area contributed by atoms with Gasteiger partial charge < -0.3 is 10.1 Å². The first-order chi connectivity index (χ1) is 10.7. The Morgan fingerprint density at radius 1 is 1.57 bits per heavy atom. The van der Waals surface area contributed by atoms with Gasteiger partial charge in [-0.25, -0.2) is 0 Å². The van der Waals surface area contributed by atoms with E-state index >= 15 is 0 Å². The number of halogens is 3. The number of rotatable bonds is 5. The Bertz CT molecular complexity index is 595. The van der Waals surface area contributed by atoms with Crippen LogP contribution in [-0.4, -0.2) is 34.9 Å². The van der Waals surface area contributed by atoms with E-state index in [1.54, 1.807) is 6.92 Å². The third kappa shape index (κ3) is 3.93. The van der Waals surface area contributed by atoms with Crippen molar-refractivity contribution in [3.05, 3.63) is 29.6 Å². The number of aryl methyl sites for hydroxylation is 1. The van der Waals surface area contributed by atoms with E-state index in [0.29, 0.717) is 6.61 Å². The highest BCUT2D eigenvalue weighted by Crippen LogP contribution is 2.31. The van der Waals surface area contributed by atoms with Crippen molar-refractivity contribution in [1.82, 2.24) is 15.1 Å². The fourth-order valence-electron chi connectivity index (χ4n) is 2.67. The van der Waals surface area contributed by atoms with Crippen molar-refractivity contribution in [3.63, 3.8) is 0 Å². The number of carbonyl (C=O) groups is 1. The number of hydrogen-bond donors (Lipinski definition) is 1. The lowest BCUT2D eigenvalue weighted by Crippen LogP contribution is -2.34. The van der Waals surface area contributed by atoms with Gasteiger partial charge >= 0.3 is 6.18 Å². The van der Waals surface area contributed by atoms with Gasteiger partial charge in [0.1, 0.15) is 0 Å². The van der Waals surface area contributed by atoms with Crippen molar-refractivity contribution in [1.29, 1.82) is 0 Å². The van der Waals surface area contributed by atoms with Crippen molar-refractivity contribution >= 4 is 5.91 Å². The Balaban J connectivity index is 2.09. The molecule has 0 saturated carbocycles. The highest BCUT2D eigenvalue weighted by molar-refractivity contribution is 5.95. The minimum atomic E-state index is -4.66. The van der Waals surface area contributed by atoms with Crippen molar-refractivity contribution in [2.45, 2.75) is 39.1 Å². The van der Waals surface area contributed by atoms with Gasteiger partial charge in [-0.1, -0.05) is 12.2 Å². The summed E-state index contributed by atoms with van der Waals surface area (Å²) >= 11 is 0. The maximum atomic E-state index is 13.0. The summed E-state index contributed by atoms with van der Waals surface area (Å²) in [4.78, 5) is 12.1. The van der Waals surface area contributed by atoms with Gasteiger partial charge in [0, 0.05) is 31.8 Å². The summed E-state index contributed by atoms with van der Waals surface area (Å²) in [5, 5.41) is 6.00. The highest BCUT2D eigenvalue weighted by atomic mass is 19.4. The highest BCUT2D eigenvalue weighted by Gasteiger charge is 2.39. The Kier molecular flexibility index (Phi) is 5.13. The van der Waals surface area contributed by atoms with Crippen LogP contribution in [0, 0.1) is 5.92 Å². The third-order valence-corrected chi connectivity index (χ3v) is 3.82. The Labute approximate surface area is 132 Å². The number of nitrogens with zero attached hydrogens (tertiary/aromatic N) is 2. The van der Waals surface area contributed by atoms with Crippen molar-refractivity contribution < 1.29 is 22.7 Å². The number of carbonyl (C=O) groups excluding carboxylic acids is 1. The van der Waals surface area contributed by atoms with Crippen molar-refractivity contribution in [3.8, 4) is 0 Å². The second kappa shape index (κ2) is 6.74. The molecule has 23 heavy (non-hydrogen) atoms. The molecule has 0 bridgehead atoms. The fraction of sp³-hybridized carbons (Fsp3) is 0.600. The minimum Gasteiger partial charge on any atom is -0.374 e. The van der Waals surface area contributed by atoms with E-state index in [1.807, 2.05) is 6.92 Å². The minimum absolute atomic E-state index is 0.0204. The molecule has 5 nitrogen and oxygen atoms in total. The van der Waals surface area contributed by atoms with Gasteiger partial charge in [0.2, 0.25) is 0 Å². The molecule has 8 heteroatoms. The van der Waals surface area contributed by atoms with E-state index in [0.717, 1.165) is 22.9 Å². The number of nitrogens with one attached hydrogen (secondary N) is 1. The van der Waals surface area contributed by atoms with Crippen LogP contribution in [0.4, 0.5) is 13.2 Å². The summed E-state index contributed by atoms with van der Waals surface area (Å²) in [6, 6.07) is 0. The van der Waals surface area contributed by atoms with E-state index in [2.05, 4.69) is 17.0 Å². The Morgan fingerprint density at radius 2 is 2.26 bits per heavy atom. The summed E-state index contributed by atoms with van der Waals surface area (Å²) in [7, 11) is 0. The Hall–Kier alpha value is -1.83. The van der Waals surface area contributed by atoms with Crippen LogP contribution in [0.2, 0.25) is 0 Å². The first-order valence-electron chi connectivity index (χ1n) is 7.43. The van der Waals surface area contributed by atoms with Gasteiger partial charge in [0.15, 0.2) is 5.69 Å². The third-order valence-electron chi connectivity index (χ3n) is 3.82. The van der Waals surface area contributed by atoms with E-state index in [-0.39, 0.29) is 25.1 Å². The monoisotopic (exact) mass is 331 g/mol. The number of alkyl halides is 3. The fourth-order valence-corrected chi connectivity index (χ4v) is 2.67. The van der Waals surface area contributed by atoms with Crippen LogP contribution in [-0.2, 0) is 17.5 Å². The number of ether oxygens (including phenoxy) is 1. The molecule has 0 spiro atoms. The molecule has 1 aliphatic rings. The van der Waals surface area contributed by atoms with Gasteiger partial charge in [-0.05, 0) is 20.3 Å². The maximum Gasteiger partial charge on any atom is 0.435 e. The summed E-state index contributed by atoms with van der Waals surface area (Å²) in [6.45, 7) is 8.37. The number of amides is 1. The summed E-state index contributed by atoms with van der Waals surface area (Å²) in [6.07, 6.45) is -2.97. The molecule has 1 aromatic heterocycles. The van der Waals surface area contributed by atoms with Gasteiger partial charge in [0.05, 0.1) is 11.7 Å². The molecule has 0 radical (unpaired) electrons. The molecule has 1 fully saturated rings. The van der Waals surface area contributed by atoms with Crippen LogP contribution in [0.15, 0.2) is 18.3 Å². The summed E-state index contributed by atoms with van der Waals surface area (Å²) < 4.78 is 45.6. The maximum absolute atomic E-state index is 13.0. The second-order valence-electron chi connectivity index (χ2n) is 5.64. The lowest BCUT2D eigenvalue weighted by molar-refractivity contribution is -0.141. The molecule has 1 saturated heterocycles. The van der Waals surface area contributed by atoms with Gasteiger partial charge in [-0.3, -0.25) is 9.48 Å². The van der Waals surface area contributed by atoms with Crippen LogP contribution in [0.5, 0.6) is 0 Å². The normalized spacial score (nSPS) is 21.4. The van der Waals surface area contributed by atoms with Crippen LogP contribution in [0.3, 0.4) is 0 Å². The molecule has 2 heterocycles. The number of hydrogen-bond acceptors (Lipinski definition) is 3. The van der Waals surface area contributed by atoms with Crippen molar-refractivity contribution in [2.75, 3.05) is 13.2 Å². The summed E-state index contributed by atoms with van der Waals surface area (Å²) in [5.41, 5.74) is -0.766.